The minimum Gasteiger partial charge on any atom is -0.493 e. The number of carboxylic acids is 1. The van der Waals surface area contributed by atoms with Crippen LogP contribution in [0.1, 0.15) is 28.8 Å². The lowest BCUT2D eigenvalue weighted by Crippen LogP contribution is -2.12. The summed E-state index contributed by atoms with van der Waals surface area (Å²) in [6.45, 7) is -0.453. The molecule has 0 aliphatic carbocycles. The lowest BCUT2D eigenvalue weighted by molar-refractivity contribution is -0.138. The van der Waals surface area contributed by atoms with E-state index in [0.717, 1.165) is 6.07 Å². The molecule has 0 aliphatic heterocycles. The molecule has 0 radical (unpaired) electrons. The van der Waals surface area contributed by atoms with Crippen LogP contribution in [-0.2, 0) is 6.18 Å². The zero-order valence-electron chi connectivity index (χ0n) is 10.4. The van der Waals surface area contributed by atoms with Crippen LogP contribution in [0, 0.1) is 0 Å². The highest BCUT2D eigenvalue weighted by Crippen LogP contribution is 2.32. The minimum atomic E-state index is -4.72. The molecule has 1 N–H and O–H groups in total. The Hall–Kier alpha value is -1.93. The molecule has 0 fully saturated rings. The van der Waals surface area contributed by atoms with Gasteiger partial charge in [0.25, 0.3) is 0 Å². The Morgan fingerprint density at radius 2 is 1.76 bits per heavy atom. The van der Waals surface area contributed by atoms with Crippen LogP contribution in [0.3, 0.4) is 0 Å². The van der Waals surface area contributed by atoms with Crippen LogP contribution < -0.4 is 4.74 Å². The number of ether oxygens (including phenoxy) is 1. The SMILES string of the molecule is O=C(O)c1cc(C(F)(F)F)ccc1OCCCC(F)(F)F. The molecule has 21 heavy (non-hydrogen) atoms. The number of halogens is 6. The predicted molar refractivity (Wildman–Crippen MR) is 59.2 cm³/mol. The Labute approximate surface area is 115 Å². The molecule has 1 aromatic rings. The van der Waals surface area contributed by atoms with Gasteiger partial charge in [-0.05, 0) is 24.6 Å². The van der Waals surface area contributed by atoms with Crippen LogP contribution in [0.2, 0.25) is 0 Å². The van der Waals surface area contributed by atoms with Crippen molar-refractivity contribution >= 4 is 5.97 Å². The van der Waals surface area contributed by atoms with Gasteiger partial charge in [0.05, 0.1) is 12.2 Å². The van der Waals surface area contributed by atoms with Crippen LogP contribution in [0.5, 0.6) is 5.75 Å². The first kappa shape index (κ1) is 17.1. The average Bonchev–Trinajstić information content (AvgIpc) is 2.32. The summed E-state index contributed by atoms with van der Waals surface area (Å²) < 4.78 is 77.8. The van der Waals surface area contributed by atoms with E-state index in [1.807, 2.05) is 0 Å². The monoisotopic (exact) mass is 316 g/mol. The van der Waals surface area contributed by atoms with Crippen LogP contribution in [0.15, 0.2) is 18.2 Å². The first-order valence-electron chi connectivity index (χ1n) is 5.65. The number of benzene rings is 1. The molecule has 0 saturated carbocycles. The van der Waals surface area contributed by atoms with Crippen molar-refractivity contribution in [2.45, 2.75) is 25.2 Å². The van der Waals surface area contributed by atoms with Crippen molar-refractivity contribution < 1.29 is 41.0 Å². The second kappa shape index (κ2) is 6.23. The van der Waals surface area contributed by atoms with Crippen molar-refractivity contribution in [1.82, 2.24) is 0 Å². The molecule has 3 nitrogen and oxygen atoms in total. The number of alkyl halides is 6. The smallest absolute Gasteiger partial charge is 0.416 e. The van der Waals surface area contributed by atoms with Gasteiger partial charge in [-0.2, -0.15) is 26.3 Å². The molecule has 0 saturated heterocycles. The van der Waals surface area contributed by atoms with Crippen molar-refractivity contribution in [2.75, 3.05) is 6.61 Å². The predicted octanol–water partition coefficient (Wildman–Crippen LogP) is 4.12. The topological polar surface area (TPSA) is 46.5 Å². The quantitative estimate of drug-likeness (QED) is 0.656. The van der Waals surface area contributed by atoms with E-state index in [1.54, 1.807) is 0 Å². The Bertz CT molecular complexity index is 507. The fourth-order valence-electron chi connectivity index (χ4n) is 1.45. The molecule has 0 amide bonds. The molecule has 0 unspecified atom stereocenters. The maximum absolute atomic E-state index is 12.4. The first-order valence-corrected chi connectivity index (χ1v) is 5.65. The van der Waals surface area contributed by atoms with E-state index >= 15 is 0 Å². The summed E-state index contributed by atoms with van der Waals surface area (Å²) in [6.07, 6.45) is -10.7. The summed E-state index contributed by atoms with van der Waals surface area (Å²) in [4.78, 5) is 10.9. The Balaban J connectivity index is 2.81. The van der Waals surface area contributed by atoms with Crippen LogP contribution >= 0.6 is 0 Å². The maximum Gasteiger partial charge on any atom is 0.416 e. The number of carbonyl (C=O) groups is 1. The van der Waals surface area contributed by atoms with Gasteiger partial charge in [-0.1, -0.05) is 0 Å². The molecular formula is C12H10F6O3. The number of aromatic carboxylic acids is 1. The first-order chi connectivity index (χ1) is 9.50. The van der Waals surface area contributed by atoms with E-state index in [4.69, 9.17) is 9.84 Å². The standard InChI is InChI=1S/C12H10F6O3/c13-11(14,15)4-1-5-21-9-3-2-7(12(16,17)18)6-8(9)10(19)20/h2-3,6H,1,4-5H2,(H,19,20). The van der Waals surface area contributed by atoms with Crippen LogP contribution in [0.4, 0.5) is 26.3 Å². The Morgan fingerprint density at radius 1 is 1.14 bits per heavy atom. The highest BCUT2D eigenvalue weighted by Gasteiger charge is 2.32. The van der Waals surface area contributed by atoms with Gasteiger partial charge >= 0.3 is 18.3 Å². The summed E-state index contributed by atoms with van der Waals surface area (Å²) in [5, 5.41) is 8.81. The Morgan fingerprint density at radius 3 is 2.24 bits per heavy atom. The van der Waals surface area contributed by atoms with Gasteiger partial charge in [0.1, 0.15) is 11.3 Å². The molecule has 118 valence electrons. The third-order valence-electron chi connectivity index (χ3n) is 2.40. The van der Waals surface area contributed by atoms with Crippen LogP contribution in [0.25, 0.3) is 0 Å². The van der Waals surface area contributed by atoms with E-state index in [2.05, 4.69) is 0 Å². The molecular weight excluding hydrogens is 306 g/mol. The fourth-order valence-corrected chi connectivity index (χ4v) is 1.45. The zero-order valence-corrected chi connectivity index (χ0v) is 10.4. The van der Waals surface area contributed by atoms with Crippen molar-refractivity contribution in [3.05, 3.63) is 29.3 Å². The number of hydrogen-bond donors (Lipinski definition) is 1. The lowest BCUT2D eigenvalue weighted by atomic mass is 10.1. The fraction of sp³-hybridized carbons (Fsp3) is 0.417. The number of rotatable bonds is 5. The van der Waals surface area contributed by atoms with Gasteiger partial charge in [0.2, 0.25) is 0 Å². The molecule has 0 aromatic heterocycles. The van der Waals surface area contributed by atoms with E-state index in [9.17, 15) is 31.1 Å². The molecule has 0 bridgehead atoms. The van der Waals surface area contributed by atoms with E-state index in [0.29, 0.717) is 12.1 Å². The van der Waals surface area contributed by atoms with Gasteiger partial charge in [0.15, 0.2) is 0 Å². The van der Waals surface area contributed by atoms with Gasteiger partial charge < -0.3 is 9.84 Å². The molecule has 1 aromatic carbocycles. The van der Waals surface area contributed by atoms with E-state index < -0.39 is 54.6 Å². The summed E-state index contributed by atoms with van der Waals surface area (Å²) in [7, 11) is 0. The highest BCUT2D eigenvalue weighted by atomic mass is 19.4. The second-order valence-electron chi connectivity index (χ2n) is 4.08. The molecule has 9 heteroatoms. The third kappa shape index (κ3) is 5.52. The second-order valence-corrected chi connectivity index (χ2v) is 4.08. The number of carboxylic acid groups (broad SMARTS) is 1. The van der Waals surface area contributed by atoms with Gasteiger partial charge in [-0.3, -0.25) is 0 Å². The van der Waals surface area contributed by atoms with Gasteiger partial charge in [0, 0.05) is 6.42 Å². The summed E-state index contributed by atoms with van der Waals surface area (Å²) in [6, 6.07) is 1.76. The average molecular weight is 316 g/mol. The van der Waals surface area contributed by atoms with Crippen molar-refractivity contribution in [3.63, 3.8) is 0 Å². The van der Waals surface area contributed by atoms with Gasteiger partial charge in [-0.25, -0.2) is 4.79 Å². The molecule has 0 heterocycles. The molecule has 1 rings (SSSR count). The number of hydrogen-bond acceptors (Lipinski definition) is 2. The lowest BCUT2D eigenvalue weighted by Gasteiger charge is -2.13. The summed E-state index contributed by atoms with van der Waals surface area (Å²) in [5.74, 6) is -2.07. The van der Waals surface area contributed by atoms with Crippen LogP contribution in [-0.4, -0.2) is 23.9 Å². The maximum atomic E-state index is 12.4. The molecule has 0 aliphatic rings. The van der Waals surface area contributed by atoms with Crippen molar-refractivity contribution in [2.24, 2.45) is 0 Å². The zero-order chi connectivity index (χ0) is 16.3. The third-order valence-corrected chi connectivity index (χ3v) is 2.40. The Kier molecular flexibility index (Phi) is 5.08. The van der Waals surface area contributed by atoms with E-state index in [-0.39, 0.29) is 0 Å². The highest BCUT2D eigenvalue weighted by molar-refractivity contribution is 5.91. The molecule has 0 atom stereocenters. The van der Waals surface area contributed by atoms with E-state index in [1.165, 1.54) is 0 Å². The summed E-state index contributed by atoms with van der Waals surface area (Å²) >= 11 is 0. The normalized spacial score (nSPS) is 12.3. The van der Waals surface area contributed by atoms with Crippen molar-refractivity contribution in [1.29, 1.82) is 0 Å². The van der Waals surface area contributed by atoms with Gasteiger partial charge in [-0.15, -0.1) is 0 Å². The minimum absolute atomic E-state index is 0.376. The molecule has 0 spiro atoms. The van der Waals surface area contributed by atoms with Crippen molar-refractivity contribution in [3.8, 4) is 5.75 Å². The summed E-state index contributed by atoms with van der Waals surface area (Å²) in [5.41, 5.74) is -1.93. The largest absolute Gasteiger partial charge is 0.493 e.